The molecular weight excluding hydrogens is 224 g/mol. The van der Waals surface area contributed by atoms with Gasteiger partial charge in [-0.05, 0) is 0 Å². The van der Waals surface area contributed by atoms with E-state index in [1.54, 1.807) is 6.08 Å². The Hall–Kier alpha value is -0.770. The molecule has 0 saturated heterocycles. The van der Waals surface area contributed by atoms with Gasteiger partial charge in [0.25, 0.3) is 0 Å². The third-order valence-electron chi connectivity index (χ3n) is 1.26. The zero-order valence-electron chi connectivity index (χ0n) is 7.09. The normalized spacial score (nSPS) is 11.6. The fraction of sp³-hybridized carbons (Fsp3) is 0.375. The molecule has 0 aliphatic rings. The lowest BCUT2D eigenvalue weighted by Gasteiger charge is -2.06. The van der Waals surface area contributed by atoms with Gasteiger partial charge in [-0.3, -0.25) is 0 Å². The van der Waals surface area contributed by atoms with Crippen LogP contribution in [0.5, 0.6) is 0 Å². The summed E-state index contributed by atoms with van der Waals surface area (Å²) >= 11 is 3.20. The number of ether oxygens (including phenoxy) is 2. The maximum Gasteiger partial charge on any atom is 0.373 e. The Balaban J connectivity index is 4.80. The standard InChI is InChI=1S/C8H11BrO3/c1-4-6(5-9)7(11-2)8(10)12-3/h4H,1,5H2,2-3H3/b7-6+. The van der Waals surface area contributed by atoms with Gasteiger partial charge in [0.2, 0.25) is 5.76 Å². The number of hydrogen-bond acceptors (Lipinski definition) is 3. The predicted molar refractivity (Wildman–Crippen MR) is 50.0 cm³/mol. The van der Waals surface area contributed by atoms with Crippen LogP contribution in [0.3, 0.4) is 0 Å². The van der Waals surface area contributed by atoms with Crippen molar-refractivity contribution < 1.29 is 14.3 Å². The lowest BCUT2D eigenvalue weighted by Crippen LogP contribution is -2.09. The lowest BCUT2D eigenvalue weighted by atomic mass is 10.2. The van der Waals surface area contributed by atoms with Gasteiger partial charge in [-0.1, -0.05) is 28.6 Å². The Morgan fingerprint density at radius 2 is 2.08 bits per heavy atom. The Morgan fingerprint density at radius 1 is 1.50 bits per heavy atom. The molecule has 0 aromatic carbocycles. The average molecular weight is 235 g/mol. The van der Waals surface area contributed by atoms with E-state index in [4.69, 9.17) is 4.74 Å². The van der Waals surface area contributed by atoms with Crippen molar-refractivity contribution in [1.29, 1.82) is 0 Å². The first-order valence-electron chi connectivity index (χ1n) is 3.25. The van der Waals surface area contributed by atoms with Gasteiger partial charge >= 0.3 is 5.97 Å². The van der Waals surface area contributed by atoms with Gasteiger partial charge in [0.05, 0.1) is 14.2 Å². The molecule has 12 heavy (non-hydrogen) atoms. The molecule has 3 nitrogen and oxygen atoms in total. The Bertz CT molecular complexity index is 208. The van der Waals surface area contributed by atoms with Crippen molar-refractivity contribution in [3.63, 3.8) is 0 Å². The van der Waals surface area contributed by atoms with E-state index in [1.165, 1.54) is 14.2 Å². The molecule has 0 radical (unpaired) electrons. The highest BCUT2D eigenvalue weighted by Gasteiger charge is 2.13. The molecule has 0 rings (SSSR count). The van der Waals surface area contributed by atoms with Gasteiger partial charge in [0, 0.05) is 10.9 Å². The first kappa shape index (κ1) is 11.2. The lowest BCUT2D eigenvalue weighted by molar-refractivity contribution is -0.139. The Morgan fingerprint density at radius 3 is 2.33 bits per heavy atom. The number of allylic oxidation sites excluding steroid dienone is 2. The third-order valence-corrected chi connectivity index (χ3v) is 1.86. The predicted octanol–water partition coefficient (Wildman–Crippen LogP) is 1.64. The molecule has 68 valence electrons. The molecule has 0 spiro atoms. The number of alkyl halides is 1. The van der Waals surface area contributed by atoms with Crippen molar-refractivity contribution in [2.24, 2.45) is 0 Å². The molecule has 0 aromatic rings. The highest BCUT2D eigenvalue weighted by molar-refractivity contribution is 9.09. The molecule has 0 unspecified atom stereocenters. The summed E-state index contributed by atoms with van der Waals surface area (Å²) in [5.41, 5.74) is 0.671. The van der Waals surface area contributed by atoms with Gasteiger partial charge < -0.3 is 9.47 Å². The fourth-order valence-corrected chi connectivity index (χ4v) is 1.13. The molecule has 0 bridgehead atoms. The second kappa shape index (κ2) is 5.83. The van der Waals surface area contributed by atoms with Crippen molar-refractivity contribution in [2.75, 3.05) is 19.5 Å². The molecule has 0 saturated carbocycles. The quantitative estimate of drug-likeness (QED) is 0.244. The topological polar surface area (TPSA) is 35.5 Å². The second-order valence-electron chi connectivity index (χ2n) is 1.89. The van der Waals surface area contributed by atoms with Crippen molar-refractivity contribution in [2.45, 2.75) is 0 Å². The molecule has 0 atom stereocenters. The van der Waals surface area contributed by atoms with E-state index in [1.807, 2.05) is 0 Å². The summed E-state index contributed by atoms with van der Waals surface area (Å²) < 4.78 is 9.35. The molecule has 0 aliphatic heterocycles. The number of rotatable bonds is 4. The zero-order chi connectivity index (χ0) is 9.56. The van der Waals surface area contributed by atoms with E-state index in [9.17, 15) is 4.79 Å². The van der Waals surface area contributed by atoms with Crippen LogP contribution in [0.4, 0.5) is 0 Å². The summed E-state index contributed by atoms with van der Waals surface area (Å²) in [4.78, 5) is 11.0. The smallest absolute Gasteiger partial charge is 0.373 e. The van der Waals surface area contributed by atoms with E-state index < -0.39 is 5.97 Å². The van der Waals surface area contributed by atoms with Crippen LogP contribution >= 0.6 is 15.9 Å². The maximum atomic E-state index is 11.0. The monoisotopic (exact) mass is 234 g/mol. The summed E-state index contributed by atoms with van der Waals surface area (Å²) in [5.74, 6) is -0.309. The van der Waals surface area contributed by atoms with Gasteiger partial charge in [-0.25, -0.2) is 4.79 Å². The van der Waals surface area contributed by atoms with Crippen LogP contribution in [0.15, 0.2) is 24.0 Å². The van der Waals surface area contributed by atoms with Crippen molar-refractivity contribution in [3.8, 4) is 0 Å². The van der Waals surface area contributed by atoms with Crippen LogP contribution in [-0.2, 0) is 14.3 Å². The average Bonchev–Trinajstić information content (AvgIpc) is 2.12. The minimum absolute atomic E-state index is 0.185. The first-order valence-corrected chi connectivity index (χ1v) is 4.37. The summed E-state index contributed by atoms with van der Waals surface area (Å²) in [7, 11) is 2.72. The molecule has 0 heterocycles. The van der Waals surface area contributed by atoms with Gasteiger partial charge in [0.15, 0.2) is 0 Å². The number of halogens is 1. The molecule has 0 aliphatic carbocycles. The summed E-state index contributed by atoms with van der Waals surface area (Å²) in [6, 6.07) is 0. The number of esters is 1. The van der Waals surface area contributed by atoms with Crippen LogP contribution in [0, 0.1) is 0 Å². The van der Waals surface area contributed by atoms with Crippen molar-refractivity contribution >= 4 is 21.9 Å². The van der Waals surface area contributed by atoms with Gasteiger partial charge in [0.1, 0.15) is 0 Å². The highest BCUT2D eigenvalue weighted by atomic mass is 79.9. The van der Waals surface area contributed by atoms with E-state index in [2.05, 4.69) is 27.2 Å². The fourth-order valence-electron chi connectivity index (χ4n) is 0.646. The molecule has 0 N–H and O–H groups in total. The minimum atomic E-state index is -0.494. The summed E-state index contributed by atoms with van der Waals surface area (Å²) in [6.07, 6.45) is 1.55. The minimum Gasteiger partial charge on any atom is -0.490 e. The molecule has 0 amide bonds. The van der Waals surface area contributed by atoms with Crippen LogP contribution in [0.2, 0.25) is 0 Å². The first-order chi connectivity index (χ1) is 5.71. The largest absolute Gasteiger partial charge is 0.490 e. The van der Waals surface area contributed by atoms with E-state index in [0.717, 1.165) is 0 Å². The summed E-state index contributed by atoms with van der Waals surface area (Å²) in [6.45, 7) is 3.54. The third kappa shape index (κ3) is 2.70. The number of methoxy groups -OCH3 is 2. The van der Waals surface area contributed by atoms with Crippen LogP contribution in [-0.4, -0.2) is 25.5 Å². The number of hydrogen-bond donors (Lipinski definition) is 0. The van der Waals surface area contributed by atoms with Crippen LogP contribution < -0.4 is 0 Å². The highest BCUT2D eigenvalue weighted by Crippen LogP contribution is 2.10. The number of carbonyl (C=O) groups excluding carboxylic acids is 1. The number of carbonyl (C=O) groups is 1. The zero-order valence-corrected chi connectivity index (χ0v) is 8.68. The second-order valence-corrected chi connectivity index (χ2v) is 2.45. The van der Waals surface area contributed by atoms with E-state index >= 15 is 0 Å². The van der Waals surface area contributed by atoms with E-state index in [-0.39, 0.29) is 5.76 Å². The molecule has 0 fully saturated rings. The summed E-state index contributed by atoms with van der Waals surface area (Å²) in [5, 5.41) is 0.509. The Kier molecular flexibility index (Phi) is 5.45. The van der Waals surface area contributed by atoms with Crippen molar-refractivity contribution in [1.82, 2.24) is 0 Å². The molecule has 4 heteroatoms. The van der Waals surface area contributed by atoms with E-state index in [0.29, 0.717) is 10.9 Å². The SMILES string of the molecule is C=C/C(CBr)=C(\OC)C(=O)OC. The van der Waals surface area contributed by atoms with Crippen LogP contribution in [0.25, 0.3) is 0 Å². The van der Waals surface area contributed by atoms with Gasteiger partial charge in [-0.2, -0.15) is 0 Å². The molecular formula is C8H11BrO3. The van der Waals surface area contributed by atoms with Gasteiger partial charge in [-0.15, -0.1) is 0 Å². The molecule has 0 aromatic heterocycles. The van der Waals surface area contributed by atoms with Crippen LogP contribution in [0.1, 0.15) is 0 Å². The van der Waals surface area contributed by atoms with Crippen molar-refractivity contribution in [3.05, 3.63) is 24.0 Å². The Labute approximate surface area is 80.2 Å². The maximum absolute atomic E-state index is 11.0.